The van der Waals surface area contributed by atoms with Crippen molar-refractivity contribution in [1.29, 1.82) is 0 Å². The van der Waals surface area contributed by atoms with Crippen molar-refractivity contribution in [1.82, 2.24) is 4.98 Å². The summed E-state index contributed by atoms with van der Waals surface area (Å²) in [7, 11) is 0. The summed E-state index contributed by atoms with van der Waals surface area (Å²) in [6, 6.07) is 5.68. The predicted octanol–water partition coefficient (Wildman–Crippen LogP) is 4.04. The highest BCUT2D eigenvalue weighted by Crippen LogP contribution is 2.30. The van der Waals surface area contributed by atoms with Gasteiger partial charge in [0.2, 0.25) is 0 Å². The Kier molecular flexibility index (Phi) is 4.62. The molecule has 1 unspecified atom stereocenters. The average molecular weight is 301 g/mol. The first-order valence-corrected chi connectivity index (χ1v) is 7.30. The van der Waals surface area contributed by atoms with Crippen LogP contribution in [0.5, 0.6) is 0 Å². The van der Waals surface area contributed by atoms with Gasteiger partial charge in [0.15, 0.2) is 0 Å². The van der Waals surface area contributed by atoms with Gasteiger partial charge in [-0.15, -0.1) is 11.3 Å². The van der Waals surface area contributed by atoms with Crippen molar-refractivity contribution < 1.29 is 0 Å². The van der Waals surface area contributed by atoms with Gasteiger partial charge in [-0.25, -0.2) is 4.98 Å². The topological polar surface area (TPSA) is 38.9 Å². The summed E-state index contributed by atoms with van der Waals surface area (Å²) in [5, 5.41) is 4.30. The minimum atomic E-state index is 0.194. The van der Waals surface area contributed by atoms with Crippen molar-refractivity contribution in [2.45, 2.75) is 19.3 Å². The summed E-state index contributed by atoms with van der Waals surface area (Å²) in [5.74, 6) is 0.194. The summed E-state index contributed by atoms with van der Waals surface area (Å²) in [6.45, 7) is 2.54. The molecule has 0 saturated carbocycles. The normalized spacial score (nSPS) is 12.7. The van der Waals surface area contributed by atoms with E-state index in [2.05, 4.69) is 4.98 Å². The molecule has 5 heteroatoms. The molecule has 1 aromatic carbocycles. The fourth-order valence-corrected chi connectivity index (χ4v) is 3.11. The van der Waals surface area contributed by atoms with E-state index < -0.39 is 0 Å². The molecule has 2 rings (SSSR count). The molecule has 0 saturated heterocycles. The van der Waals surface area contributed by atoms with Crippen LogP contribution >= 0.6 is 34.5 Å². The van der Waals surface area contributed by atoms with Crippen molar-refractivity contribution in [3.05, 3.63) is 49.9 Å². The van der Waals surface area contributed by atoms with E-state index in [0.29, 0.717) is 16.6 Å². The van der Waals surface area contributed by atoms with Crippen LogP contribution in [-0.2, 0) is 6.42 Å². The number of nitrogens with zero attached hydrogens (tertiary/aromatic N) is 1. The number of rotatable bonds is 4. The van der Waals surface area contributed by atoms with Crippen LogP contribution < -0.4 is 5.73 Å². The number of aryl methyl sites for hydroxylation is 1. The number of thiazole rings is 1. The molecule has 2 aromatic rings. The molecule has 1 heterocycles. The third-order valence-corrected chi connectivity index (χ3v) is 4.75. The maximum absolute atomic E-state index is 6.20. The molecular weight excluding hydrogens is 287 g/mol. The van der Waals surface area contributed by atoms with Crippen LogP contribution in [0, 0.1) is 6.92 Å². The molecule has 0 amide bonds. The van der Waals surface area contributed by atoms with Crippen LogP contribution in [0.4, 0.5) is 0 Å². The van der Waals surface area contributed by atoms with Gasteiger partial charge in [0.1, 0.15) is 0 Å². The van der Waals surface area contributed by atoms with Crippen LogP contribution in [0.25, 0.3) is 0 Å². The van der Waals surface area contributed by atoms with E-state index >= 15 is 0 Å². The number of hydrogen-bond acceptors (Lipinski definition) is 3. The lowest BCUT2D eigenvalue weighted by Gasteiger charge is -2.13. The minimum Gasteiger partial charge on any atom is -0.330 e. The van der Waals surface area contributed by atoms with E-state index in [1.165, 1.54) is 0 Å². The molecule has 1 aromatic heterocycles. The second-order valence-corrected chi connectivity index (χ2v) is 5.85. The van der Waals surface area contributed by atoms with Crippen molar-refractivity contribution in [3.8, 4) is 0 Å². The van der Waals surface area contributed by atoms with Crippen LogP contribution in [0.1, 0.15) is 22.2 Å². The lowest BCUT2D eigenvalue weighted by atomic mass is 10.00. The zero-order chi connectivity index (χ0) is 13.1. The molecule has 1 atom stereocenters. The molecule has 0 aliphatic rings. The quantitative estimate of drug-likeness (QED) is 0.925. The second-order valence-electron chi connectivity index (χ2n) is 4.18. The van der Waals surface area contributed by atoms with Gasteiger partial charge in [0.25, 0.3) is 0 Å². The number of benzene rings is 1. The highest BCUT2D eigenvalue weighted by molar-refractivity contribution is 7.09. The summed E-state index contributed by atoms with van der Waals surface area (Å²) >= 11 is 13.9. The lowest BCUT2D eigenvalue weighted by Crippen LogP contribution is -2.15. The van der Waals surface area contributed by atoms with Gasteiger partial charge >= 0.3 is 0 Å². The van der Waals surface area contributed by atoms with Crippen molar-refractivity contribution in [3.63, 3.8) is 0 Å². The largest absolute Gasteiger partial charge is 0.330 e. The number of aromatic nitrogens is 1. The first kappa shape index (κ1) is 13.8. The molecule has 0 fully saturated rings. The van der Waals surface area contributed by atoms with E-state index in [-0.39, 0.29) is 5.92 Å². The Labute approximate surface area is 121 Å². The molecule has 0 radical (unpaired) electrons. The average Bonchev–Trinajstić information content (AvgIpc) is 2.78. The highest BCUT2D eigenvalue weighted by Gasteiger charge is 2.16. The third kappa shape index (κ3) is 3.04. The van der Waals surface area contributed by atoms with E-state index in [1.54, 1.807) is 17.4 Å². The first-order chi connectivity index (χ1) is 8.61. The van der Waals surface area contributed by atoms with Crippen molar-refractivity contribution in [2.24, 2.45) is 5.73 Å². The Morgan fingerprint density at radius 2 is 2.17 bits per heavy atom. The molecule has 0 bridgehead atoms. The third-order valence-electron chi connectivity index (χ3n) is 2.77. The number of halogens is 2. The summed E-state index contributed by atoms with van der Waals surface area (Å²) < 4.78 is 0. The van der Waals surface area contributed by atoms with Crippen molar-refractivity contribution >= 4 is 34.5 Å². The molecule has 0 aliphatic heterocycles. The number of nitrogens with two attached hydrogens (primary N) is 1. The maximum Gasteiger partial charge on any atom is 0.0975 e. The molecular formula is C13H14Cl2N2S. The van der Waals surface area contributed by atoms with Gasteiger partial charge < -0.3 is 5.73 Å². The smallest absolute Gasteiger partial charge is 0.0975 e. The summed E-state index contributed by atoms with van der Waals surface area (Å²) in [4.78, 5) is 4.49. The Bertz CT molecular complexity index is 540. The van der Waals surface area contributed by atoms with Crippen molar-refractivity contribution in [2.75, 3.05) is 6.54 Å². The molecule has 0 aliphatic carbocycles. The summed E-state index contributed by atoms with van der Waals surface area (Å²) in [6.07, 6.45) is 0.767. The highest BCUT2D eigenvalue weighted by atomic mass is 35.5. The minimum absolute atomic E-state index is 0.194. The maximum atomic E-state index is 6.20. The monoisotopic (exact) mass is 300 g/mol. The Morgan fingerprint density at radius 1 is 1.39 bits per heavy atom. The van der Waals surface area contributed by atoms with Crippen LogP contribution in [-0.4, -0.2) is 11.5 Å². The van der Waals surface area contributed by atoms with Crippen LogP contribution in [0.3, 0.4) is 0 Å². The van der Waals surface area contributed by atoms with E-state index in [1.807, 2.05) is 24.4 Å². The molecule has 2 N–H and O–H groups in total. The van der Waals surface area contributed by atoms with E-state index in [0.717, 1.165) is 22.7 Å². The summed E-state index contributed by atoms with van der Waals surface area (Å²) in [5.41, 5.74) is 7.89. The zero-order valence-corrected chi connectivity index (χ0v) is 12.3. The predicted molar refractivity (Wildman–Crippen MR) is 78.8 cm³/mol. The van der Waals surface area contributed by atoms with Gasteiger partial charge in [0.05, 0.1) is 15.1 Å². The molecule has 18 heavy (non-hydrogen) atoms. The van der Waals surface area contributed by atoms with Gasteiger partial charge in [-0.05, 0) is 25.0 Å². The van der Waals surface area contributed by atoms with E-state index in [4.69, 9.17) is 28.9 Å². The van der Waals surface area contributed by atoms with E-state index in [9.17, 15) is 0 Å². The fraction of sp³-hybridized carbons (Fsp3) is 0.308. The van der Waals surface area contributed by atoms with Gasteiger partial charge in [-0.1, -0.05) is 35.3 Å². The van der Waals surface area contributed by atoms with Gasteiger partial charge in [0, 0.05) is 23.5 Å². The Balaban J connectivity index is 2.23. The lowest BCUT2D eigenvalue weighted by molar-refractivity contribution is 0.687. The second kappa shape index (κ2) is 6.02. The Hall–Kier alpha value is -0.610. The van der Waals surface area contributed by atoms with Gasteiger partial charge in [-0.3, -0.25) is 0 Å². The molecule has 0 spiro atoms. The number of hydrogen-bond donors (Lipinski definition) is 1. The first-order valence-electron chi connectivity index (χ1n) is 5.66. The SMILES string of the molecule is Cc1csc(C(CN)Cc2cccc(Cl)c2Cl)n1. The standard InChI is InChI=1S/C13H14Cl2N2S/c1-8-7-18-13(17-8)10(6-16)5-9-3-2-4-11(14)12(9)15/h2-4,7,10H,5-6,16H2,1H3. The zero-order valence-electron chi connectivity index (χ0n) is 9.99. The van der Waals surface area contributed by atoms with Gasteiger partial charge in [-0.2, -0.15) is 0 Å². The van der Waals surface area contributed by atoms with Crippen LogP contribution in [0.15, 0.2) is 23.6 Å². The van der Waals surface area contributed by atoms with Crippen LogP contribution in [0.2, 0.25) is 10.0 Å². The molecule has 96 valence electrons. The fourth-order valence-electron chi connectivity index (χ4n) is 1.80. The molecule has 2 nitrogen and oxygen atoms in total. The Morgan fingerprint density at radius 3 is 2.78 bits per heavy atom.